The van der Waals surface area contributed by atoms with Crippen molar-refractivity contribution in [1.29, 1.82) is 0 Å². The topological polar surface area (TPSA) is 90.8 Å². The number of carbonyl (C=O) groups is 1. The van der Waals surface area contributed by atoms with Gasteiger partial charge in [-0.25, -0.2) is 4.79 Å². The number of hydrogen-bond donors (Lipinski definition) is 4. The lowest BCUT2D eigenvalue weighted by atomic mass is 10.0. The van der Waals surface area contributed by atoms with Crippen LogP contribution in [0.1, 0.15) is 33.6 Å². The van der Waals surface area contributed by atoms with Gasteiger partial charge in [0.05, 0.1) is 6.04 Å². The molecule has 1 heterocycles. The molecule has 1 saturated heterocycles. The van der Waals surface area contributed by atoms with Crippen molar-refractivity contribution in [3.63, 3.8) is 0 Å². The number of ether oxygens (including phenoxy) is 1. The van der Waals surface area contributed by atoms with Crippen LogP contribution in [0.5, 0.6) is 0 Å². The molecule has 0 aliphatic carbocycles. The predicted octanol–water partition coefficient (Wildman–Crippen LogP) is -0.100. The normalized spacial score (nSPS) is 30.9. The summed E-state index contributed by atoms with van der Waals surface area (Å²) in [4.78, 5) is 11.4. The van der Waals surface area contributed by atoms with Crippen LogP contribution >= 0.6 is 0 Å². The van der Waals surface area contributed by atoms with Gasteiger partial charge < -0.3 is 20.3 Å². The molecule has 1 rings (SSSR count). The minimum Gasteiger partial charge on any atom is -0.444 e. The number of nitrogens with one attached hydrogen (secondary N) is 2. The molecule has 6 heteroatoms. The van der Waals surface area contributed by atoms with Crippen LogP contribution < -0.4 is 10.6 Å². The molecule has 94 valence electrons. The van der Waals surface area contributed by atoms with Gasteiger partial charge >= 0.3 is 6.09 Å². The van der Waals surface area contributed by atoms with E-state index in [1.54, 1.807) is 20.8 Å². The molecule has 0 radical (unpaired) electrons. The number of hydrogen-bond acceptors (Lipinski definition) is 5. The number of piperidine rings is 1. The van der Waals surface area contributed by atoms with E-state index in [9.17, 15) is 15.0 Å². The van der Waals surface area contributed by atoms with E-state index in [1.807, 2.05) is 0 Å². The van der Waals surface area contributed by atoms with Gasteiger partial charge in [-0.15, -0.1) is 0 Å². The van der Waals surface area contributed by atoms with Crippen molar-refractivity contribution in [3.05, 3.63) is 0 Å². The van der Waals surface area contributed by atoms with Gasteiger partial charge in [-0.2, -0.15) is 0 Å². The third-order valence-electron chi connectivity index (χ3n) is 2.20. The fourth-order valence-electron chi connectivity index (χ4n) is 1.50. The SMILES string of the molecule is CC(C)(C)OC(=O)N[C@H]1CC[C@H](O)N[C@H]1O. The van der Waals surface area contributed by atoms with E-state index in [0.29, 0.717) is 12.8 Å². The molecule has 0 aromatic carbocycles. The Hall–Kier alpha value is -0.850. The molecule has 0 spiro atoms. The molecule has 1 amide bonds. The lowest BCUT2D eigenvalue weighted by Crippen LogP contribution is -2.57. The van der Waals surface area contributed by atoms with Crippen molar-refractivity contribution in [3.8, 4) is 0 Å². The highest BCUT2D eigenvalue weighted by atomic mass is 16.6. The molecule has 0 aromatic rings. The largest absolute Gasteiger partial charge is 0.444 e. The van der Waals surface area contributed by atoms with Gasteiger partial charge in [-0.1, -0.05) is 0 Å². The molecule has 3 atom stereocenters. The van der Waals surface area contributed by atoms with Crippen molar-refractivity contribution in [2.24, 2.45) is 0 Å². The van der Waals surface area contributed by atoms with Crippen LogP contribution in [0.2, 0.25) is 0 Å². The third kappa shape index (κ3) is 4.34. The second-order valence-electron chi connectivity index (χ2n) is 4.96. The Balaban J connectivity index is 2.39. The fourth-order valence-corrected chi connectivity index (χ4v) is 1.50. The molecule has 0 bridgehead atoms. The highest BCUT2D eigenvalue weighted by Crippen LogP contribution is 2.12. The molecule has 0 unspecified atom stereocenters. The summed E-state index contributed by atoms with van der Waals surface area (Å²) < 4.78 is 5.06. The van der Waals surface area contributed by atoms with Crippen molar-refractivity contribution in [2.75, 3.05) is 0 Å². The van der Waals surface area contributed by atoms with Crippen LogP contribution in [0.25, 0.3) is 0 Å². The number of carbonyl (C=O) groups excluding carboxylic acids is 1. The van der Waals surface area contributed by atoms with Crippen LogP contribution in [0, 0.1) is 0 Å². The molecular weight excluding hydrogens is 212 g/mol. The summed E-state index contributed by atoms with van der Waals surface area (Å²) in [5.41, 5.74) is -0.559. The zero-order valence-electron chi connectivity index (χ0n) is 9.86. The van der Waals surface area contributed by atoms with Crippen molar-refractivity contribution in [1.82, 2.24) is 10.6 Å². The van der Waals surface area contributed by atoms with Crippen LogP contribution in [-0.2, 0) is 4.74 Å². The van der Waals surface area contributed by atoms with E-state index >= 15 is 0 Å². The van der Waals surface area contributed by atoms with E-state index < -0.39 is 30.2 Å². The van der Waals surface area contributed by atoms with E-state index in [-0.39, 0.29) is 0 Å². The maximum absolute atomic E-state index is 11.4. The number of amides is 1. The first-order valence-electron chi connectivity index (χ1n) is 5.39. The minimum absolute atomic E-state index is 0.432. The van der Waals surface area contributed by atoms with Crippen LogP contribution in [0.15, 0.2) is 0 Å². The zero-order valence-corrected chi connectivity index (χ0v) is 9.86. The van der Waals surface area contributed by atoms with Crippen LogP contribution in [-0.4, -0.2) is 40.4 Å². The lowest BCUT2D eigenvalue weighted by molar-refractivity contribution is -0.0217. The average molecular weight is 232 g/mol. The second-order valence-corrected chi connectivity index (χ2v) is 4.96. The maximum atomic E-state index is 11.4. The van der Waals surface area contributed by atoms with E-state index in [2.05, 4.69) is 10.6 Å². The van der Waals surface area contributed by atoms with E-state index in [0.717, 1.165) is 0 Å². The van der Waals surface area contributed by atoms with Crippen LogP contribution in [0.4, 0.5) is 4.79 Å². The molecule has 16 heavy (non-hydrogen) atoms. The van der Waals surface area contributed by atoms with Crippen molar-refractivity contribution >= 4 is 6.09 Å². The molecular formula is C10H20N2O4. The summed E-state index contributed by atoms with van der Waals surface area (Å²) in [6.45, 7) is 5.31. The monoisotopic (exact) mass is 232 g/mol. The highest BCUT2D eigenvalue weighted by molar-refractivity contribution is 5.68. The summed E-state index contributed by atoms with van der Waals surface area (Å²) in [5, 5.41) is 23.8. The molecule has 0 aromatic heterocycles. The summed E-state index contributed by atoms with van der Waals surface area (Å²) in [6, 6.07) is -0.432. The Morgan fingerprint density at radius 3 is 2.50 bits per heavy atom. The smallest absolute Gasteiger partial charge is 0.408 e. The quantitative estimate of drug-likeness (QED) is 0.507. The van der Waals surface area contributed by atoms with E-state index in [4.69, 9.17) is 4.74 Å². The van der Waals surface area contributed by atoms with Gasteiger partial charge in [0, 0.05) is 0 Å². The predicted molar refractivity (Wildman–Crippen MR) is 57.5 cm³/mol. The highest BCUT2D eigenvalue weighted by Gasteiger charge is 2.29. The average Bonchev–Trinajstić information content (AvgIpc) is 2.06. The second kappa shape index (κ2) is 4.99. The molecule has 0 saturated carbocycles. The number of rotatable bonds is 1. The summed E-state index contributed by atoms with van der Waals surface area (Å²) >= 11 is 0. The zero-order chi connectivity index (χ0) is 12.3. The van der Waals surface area contributed by atoms with Gasteiger partial charge in [0.25, 0.3) is 0 Å². The Labute approximate surface area is 95.0 Å². The summed E-state index contributed by atoms with van der Waals surface area (Å²) in [6.07, 6.45) is -1.23. The summed E-state index contributed by atoms with van der Waals surface area (Å²) in [7, 11) is 0. The van der Waals surface area contributed by atoms with Gasteiger partial charge in [-0.05, 0) is 33.6 Å². The third-order valence-corrected chi connectivity index (χ3v) is 2.20. The first-order valence-corrected chi connectivity index (χ1v) is 5.39. The lowest BCUT2D eigenvalue weighted by Gasteiger charge is -2.32. The summed E-state index contributed by atoms with van der Waals surface area (Å²) in [5.74, 6) is 0. The fraction of sp³-hybridized carbons (Fsp3) is 0.900. The van der Waals surface area contributed by atoms with Crippen LogP contribution in [0.3, 0.4) is 0 Å². The Morgan fingerprint density at radius 1 is 1.38 bits per heavy atom. The molecule has 6 nitrogen and oxygen atoms in total. The number of aliphatic hydroxyl groups is 2. The standard InChI is InChI=1S/C10H20N2O4/c1-10(2,3)16-9(15)11-6-4-5-7(13)12-8(6)14/h6-8,12-14H,4-5H2,1-3H3,(H,11,15)/t6-,7-,8-/m0/s1. The van der Waals surface area contributed by atoms with Gasteiger partial charge in [0.15, 0.2) is 0 Å². The van der Waals surface area contributed by atoms with Gasteiger partial charge in [0.1, 0.15) is 18.1 Å². The molecule has 4 N–H and O–H groups in total. The maximum Gasteiger partial charge on any atom is 0.408 e. The molecule has 1 fully saturated rings. The minimum atomic E-state index is -0.948. The van der Waals surface area contributed by atoms with Gasteiger partial charge in [-0.3, -0.25) is 5.32 Å². The first kappa shape index (κ1) is 13.2. The van der Waals surface area contributed by atoms with Crippen molar-refractivity contribution < 1.29 is 19.7 Å². The van der Waals surface area contributed by atoms with Crippen molar-refractivity contribution in [2.45, 2.75) is 57.7 Å². The Morgan fingerprint density at radius 2 is 2.00 bits per heavy atom. The first-order chi connectivity index (χ1) is 7.28. The number of aliphatic hydroxyl groups excluding tert-OH is 2. The Kier molecular flexibility index (Phi) is 4.12. The van der Waals surface area contributed by atoms with Gasteiger partial charge in [0.2, 0.25) is 0 Å². The number of alkyl carbamates (subject to hydrolysis) is 1. The van der Waals surface area contributed by atoms with E-state index in [1.165, 1.54) is 0 Å². The molecule has 1 aliphatic rings. The Bertz CT molecular complexity index is 252. The molecule has 1 aliphatic heterocycles.